The van der Waals surface area contributed by atoms with E-state index in [2.05, 4.69) is 20.2 Å². The maximum absolute atomic E-state index is 15.0. The zero-order valence-corrected chi connectivity index (χ0v) is 20.2. The predicted octanol–water partition coefficient (Wildman–Crippen LogP) is 2.78. The van der Waals surface area contributed by atoms with Gasteiger partial charge < -0.3 is 20.1 Å². The molecule has 0 bridgehead atoms. The second-order valence-electron chi connectivity index (χ2n) is 10.3. The number of rotatable bonds is 5. The summed E-state index contributed by atoms with van der Waals surface area (Å²) in [5, 5.41) is 14.8. The number of carbonyl (C=O) groups excluding carboxylic acids is 1. The van der Waals surface area contributed by atoms with Crippen LogP contribution in [0.4, 0.5) is 15.9 Å². The molecule has 1 saturated carbocycles. The van der Waals surface area contributed by atoms with Crippen LogP contribution in [-0.2, 0) is 9.53 Å². The Morgan fingerprint density at radius 3 is 2.72 bits per heavy atom. The summed E-state index contributed by atoms with van der Waals surface area (Å²) in [6.45, 7) is 5.61. The molecule has 3 aliphatic rings. The van der Waals surface area contributed by atoms with E-state index in [0.717, 1.165) is 17.5 Å². The van der Waals surface area contributed by atoms with E-state index in [0.29, 0.717) is 56.3 Å². The minimum atomic E-state index is -0.516. The fourth-order valence-corrected chi connectivity index (χ4v) is 5.50. The lowest BCUT2D eigenvalue weighted by molar-refractivity contribution is -0.117. The third-order valence-electron chi connectivity index (χ3n) is 7.96. The van der Waals surface area contributed by atoms with E-state index >= 15 is 4.39 Å². The molecule has 36 heavy (non-hydrogen) atoms. The number of amides is 1. The summed E-state index contributed by atoms with van der Waals surface area (Å²) in [6, 6.07) is 10.9. The Morgan fingerprint density at radius 2 is 2.00 bits per heavy atom. The molecule has 1 amide bonds. The van der Waals surface area contributed by atoms with E-state index in [1.807, 2.05) is 36.1 Å². The maximum Gasteiger partial charge on any atom is 0.229 e. The molecule has 188 valence electrons. The summed E-state index contributed by atoms with van der Waals surface area (Å²) >= 11 is 0. The number of aromatic nitrogens is 2. The van der Waals surface area contributed by atoms with Gasteiger partial charge in [-0.25, -0.2) is 9.37 Å². The van der Waals surface area contributed by atoms with Gasteiger partial charge in [0.2, 0.25) is 5.91 Å². The van der Waals surface area contributed by atoms with Crippen molar-refractivity contribution in [2.45, 2.75) is 30.9 Å². The lowest BCUT2D eigenvalue weighted by Crippen LogP contribution is -2.60. The number of nitrogens with zero attached hydrogens (tertiary/aromatic N) is 4. The van der Waals surface area contributed by atoms with Crippen LogP contribution in [0.5, 0.6) is 0 Å². The molecular weight excluding hydrogens is 461 g/mol. The van der Waals surface area contributed by atoms with Gasteiger partial charge in [0.25, 0.3) is 0 Å². The van der Waals surface area contributed by atoms with Gasteiger partial charge in [-0.05, 0) is 49.1 Å². The van der Waals surface area contributed by atoms with Crippen LogP contribution in [0.25, 0.3) is 10.8 Å². The van der Waals surface area contributed by atoms with Crippen molar-refractivity contribution in [1.82, 2.24) is 14.9 Å². The number of hydrogen-bond donors (Lipinski definition) is 2. The van der Waals surface area contributed by atoms with Crippen molar-refractivity contribution >= 4 is 28.2 Å². The number of benzene rings is 1. The molecule has 1 aromatic carbocycles. The van der Waals surface area contributed by atoms with Crippen LogP contribution >= 0.6 is 0 Å². The Labute approximate surface area is 209 Å². The van der Waals surface area contributed by atoms with E-state index < -0.39 is 11.6 Å². The van der Waals surface area contributed by atoms with Gasteiger partial charge in [0.05, 0.1) is 30.5 Å². The van der Waals surface area contributed by atoms with Gasteiger partial charge in [-0.3, -0.25) is 14.7 Å². The Balaban J connectivity index is 1.15. The number of anilines is 2. The quantitative estimate of drug-likeness (QED) is 0.567. The number of piperazine rings is 1. The number of halogens is 1. The predicted molar refractivity (Wildman–Crippen MR) is 134 cm³/mol. The van der Waals surface area contributed by atoms with Gasteiger partial charge in [0, 0.05) is 61.5 Å². The molecule has 4 heterocycles. The average molecular weight is 492 g/mol. The van der Waals surface area contributed by atoms with Gasteiger partial charge in [-0.1, -0.05) is 6.07 Å². The summed E-state index contributed by atoms with van der Waals surface area (Å²) in [4.78, 5) is 25.8. The molecule has 9 heteroatoms. The van der Waals surface area contributed by atoms with Crippen molar-refractivity contribution in [3.05, 3.63) is 60.3 Å². The average Bonchev–Trinajstić information content (AvgIpc) is 3.63. The first-order valence-corrected chi connectivity index (χ1v) is 12.5. The molecule has 6 rings (SSSR count). The Bertz CT molecular complexity index is 1280. The third-order valence-corrected chi connectivity index (χ3v) is 7.96. The molecule has 2 aliphatic heterocycles. The first-order valence-electron chi connectivity index (χ1n) is 12.5. The second kappa shape index (κ2) is 9.06. The fraction of sp³-hybridized carbons (Fsp3) is 0.444. The van der Waals surface area contributed by atoms with Crippen LogP contribution in [0.2, 0.25) is 0 Å². The molecule has 2 N–H and O–H groups in total. The van der Waals surface area contributed by atoms with Crippen LogP contribution in [0.3, 0.4) is 0 Å². The number of ether oxygens (including phenoxy) is 1. The van der Waals surface area contributed by atoms with Crippen molar-refractivity contribution in [3.63, 3.8) is 0 Å². The minimum absolute atomic E-state index is 0.0671. The molecule has 1 aliphatic carbocycles. The van der Waals surface area contributed by atoms with Crippen molar-refractivity contribution in [2.24, 2.45) is 5.92 Å². The molecule has 3 aromatic rings. The summed E-state index contributed by atoms with van der Waals surface area (Å²) in [5.41, 5.74) is 1.08. The van der Waals surface area contributed by atoms with Crippen molar-refractivity contribution in [2.75, 3.05) is 49.6 Å². The van der Waals surface area contributed by atoms with Crippen molar-refractivity contribution in [3.8, 4) is 0 Å². The largest absolute Gasteiger partial charge is 0.389 e. The monoisotopic (exact) mass is 491 g/mol. The summed E-state index contributed by atoms with van der Waals surface area (Å²) in [5.74, 6) is 0.140. The molecule has 2 unspecified atom stereocenters. The van der Waals surface area contributed by atoms with E-state index in [1.165, 1.54) is 6.07 Å². The van der Waals surface area contributed by atoms with Crippen LogP contribution < -0.4 is 10.2 Å². The smallest absolute Gasteiger partial charge is 0.229 e. The molecular formula is C27H30FN5O3. The number of fused-ring (bicyclic) bond motifs is 1. The van der Waals surface area contributed by atoms with Gasteiger partial charge in [-0.15, -0.1) is 0 Å². The molecule has 0 spiro atoms. The number of hydrogen-bond acceptors (Lipinski definition) is 7. The fourth-order valence-electron chi connectivity index (χ4n) is 5.50. The second-order valence-corrected chi connectivity index (χ2v) is 10.3. The van der Waals surface area contributed by atoms with Crippen molar-refractivity contribution in [1.29, 1.82) is 0 Å². The molecule has 2 saturated heterocycles. The summed E-state index contributed by atoms with van der Waals surface area (Å²) in [6.07, 6.45) is 3.61. The highest BCUT2D eigenvalue weighted by Gasteiger charge is 2.45. The van der Waals surface area contributed by atoms with Gasteiger partial charge in [0.1, 0.15) is 11.6 Å². The van der Waals surface area contributed by atoms with E-state index in [9.17, 15) is 9.90 Å². The van der Waals surface area contributed by atoms with E-state index in [4.69, 9.17) is 4.74 Å². The standard InChI is InChI=1S/C27H30FN5O3/c1-27(16-36-15-24(27)34)33-8-6-32(7-9-33)23-11-17-12-25(30-14-18(17)10-21(23)28)31-26(35)20-13-19(20)22-4-2-3-5-29-22/h2-5,10-12,14,19-20,24,34H,6-9,13,15-16H2,1H3,(H,30,31,35)/t19?,20?,24-,27+/m0/s1. The normalized spacial score (nSPS) is 28.4. The lowest BCUT2D eigenvalue weighted by Gasteiger charge is -2.45. The summed E-state index contributed by atoms with van der Waals surface area (Å²) < 4.78 is 20.5. The minimum Gasteiger partial charge on any atom is -0.389 e. The number of aliphatic hydroxyl groups excluding tert-OH is 1. The molecule has 8 nitrogen and oxygen atoms in total. The number of aliphatic hydroxyl groups is 1. The maximum atomic E-state index is 15.0. The van der Waals surface area contributed by atoms with Crippen LogP contribution in [0.1, 0.15) is 25.0 Å². The zero-order valence-electron chi connectivity index (χ0n) is 20.2. The van der Waals surface area contributed by atoms with Gasteiger partial charge in [0.15, 0.2) is 0 Å². The van der Waals surface area contributed by atoms with Gasteiger partial charge in [-0.2, -0.15) is 0 Å². The number of nitrogens with one attached hydrogen (secondary N) is 1. The molecule has 4 atom stereocenters. The zero-order chi connectivity index (χ0) is 24.9. The number of pyridine rings is 2. The van der Waals surface area contributed by atoms with Crippen molar-refractivity contribution < 1.29 is 19.0 Å². The van der Waals surface area contributed by atoms with Gasteiger partial charge >= 0.3 is 0 Å². The molecule has 2 aromatic heterocycles. The SMILES string of the molecule is C[C@@]1(N2CCN(c3cc4cc(NC(=O)C5CC5c5ccccn5)ncc4cc3F)CC2)COC[C@@H]1O. The third kappa shape index (κ3) is 4.21. The highest BCUT2D eigenvalue weighted by atomic mass is 19.1. The van der Waals surface area contributed by atoms with Crippen LogP contribution in [0.15, 0.2) is 48.8 Å². The van der Waals surface area contributed by atoms with E-state index in [1.54, 1.807) is 18.5 Å². The Morgan fingerprint density at radius 1 is 1.17 bits per heavy atom. The Hall–Kier alpha value is -3.14. The Kier molecular flexibility index (Phi) is 5.86. The lowest BCUT2D eigenvalue weighted by atomic mass is 9.95. The molecule has 0 radical (unpaired) electrons. The highest BCUT2D eigenvalue weighted by Crippen LogP contribution is 2.47. The van der Waals surface area contributed by atoms with E-state index in [-0.39, 0.29) is 23.6 Å². The number of carbonyl (C=O) groups is 1. The van der Waals surface area contributed by atoms with Crippen LogP contribution in [-0.4, -0.2) is 76.9 Å². The molecule has 3 fully saturated rings. The first-order chi connectivity index (χ1) is 17.4. The summed E-state index contributed by atoms with van der Waals surface area (Å²) in [7, 11) is 0. The topological polar surface area (TPSA) is 90.8 Å². The highest BCUT2D eigenvalue weighted by molar-refractivity contribution is 5.96. The first kappa shape index (κ1) is 23.3. The van der Waals surface area contributed by atoms with Crippen LogP contribution in [0, 0.1) is 11.7 Å².